The number of hydrogen-bond acceptors (Lipinski definition) is 4. The number of para-hydroxylation sites is 1. The number of aryl methyl sites for hydroxylation is 1. The van der Waals surface area contributed by atoms with E-state index in [0.29, 0.717) is 27.6 Å². The van der Waals surface area contributed by atoms with Crippen molar-refractivity contribution >= 4 is 39.3 Å². The number of carbonyl (C=O) groups is 1. The van der Waals surface area contributed by atoms with Crippen LogP contribution in [0.5, 0.6) is 5.75 Å². The number of anilines is 1. The third kappa shape index (κ3) is 5.37. The van der Waals surface area contributed by atoms with Gasteiger partial charge in [0.1, 0.15) is 18.1 Å². The Morgan fingerprint density at radius 2 is 1.94 bits per heavy atom. The highest BCUT2D eigenvalue weighted by molar-refractivity contribution is 9.10. The lowest BCUT2D eigenvalue weighted by atomic mass is 10.2. The van der Waals surface area contributed by atoms with E-state index in [1.807, 2.05) is 55.5 Å². The van der Waals surface area contributed by atoms with Crippen LogP contribution in [0, 0.1) is 6.92 Å². The molecule has 0 radical (unpaired) electrons. The highest BCUT2D eigenvalue weighted by Gasteiger charge is 2.16. The molecule has 0 saturated heterocycles. The van der Waals surface area contributed by atoms with Gasteiger partial charge in [0.15, 0.2) is 11.6 Å². The summed E-state index contributed by atoms with van der Waals surface area (Å²) in [6.45, 7) is 2.75. The molecule has 31 heavy (non-hydrogen) atoms. The molecule has 6 nitrogen and oxygen atoms in total. The Hall–Kier alpha value is -3.03. The molecule has 4 rings (SSSR count). The van der Waals surface area contributed by atoms with Crippen molar-refractivity contribution in [1.29, 1.82) is 0 Å². The molecule has 0 fully saturated rings. The standard InChI is InChI=1S/C23H19BrClN3O3/c1-15-4-2-3-5-20(15)30-14-18-10-11-21(31-18)23(29)26-22-19(24)13-28(27-22)12-16-6-8-17(25)9-7-16/h2-11,13H,12,14H2,1H3,(H,26,27,29). The summed E-state index contributed by atoms with van der Waals surface area (Å²) >= 11 is 9.36. The molecule has 0 aliphatic rings. The van der Waals surface area contributed by atoms with E-state index in [0.717, 1.165) is 16.9 Å². The van der Waals surface area contributed by atoms with Crippen LogP contribution in [-0.4, -0.2) is 15.7 Å². The topological polar surface area (TPSA) is 69.3 Å². The zero-order chi connectivity index (χ0) is 21.8. The van der Waals surface area contributed by atoms with Crippen molar-refractivity contribution in [3.8, 4) is 5.75 Å². The summed E-state index contributed by atoms with van der Waals surface area (Å²) in [5.41, 5.74) is 2.08. The number of nitrogens with zero attached hydrogens (tertiary/aromatic N) is 2. The molecule has 4 aromatic rings. The Morgan fingerprint density at radius 1 is 1.16 bits per heavy atom. The van der Waals surface area contributed by atoms with Crippen molar-refractivity contribution in [1.82, 2.24) is 9.78 Å². The van der Waals surface area contributed by atoms with Crippen molar-refractivity contribution in [2.75, 3.05) is 5.32 Å². The van der Waals surface area contributed by atoms with Crippen LogP contribution in [0.1, 0.15) is 27.4 Å². The number of rotatable bonds is 7. The third-order valence-corrected chi connectivity index (χ3v) is 5.39. The van der Waals surface area contributed by atoms with Crippen molar-refractivity contribution in [3.63, 3.8) is 0 Å². The number of halogens is 2. The number of hydrogen-bond donors (Lipinski definition) is 1. The summed E-state index contributed by atoms with van der Waals surface area (Å²) in [5.74, 6) is 1.54. The van der Waals surface area contributed by atoms with Crippen LogP contribution in [0.4, 0.5) is 5.82 Å². The first-order chi connectivity index (χ1) is 15.0. The number of carbonyl (C=O) groups excluding carboxylic acids is 1. The minimum Gasteiger partial charge on any atom is -0.485 e. The fourth-order valence-corrected chi connectivity index (χ4v) is 3.49. The van der Waals surface area contributed by atoms with Gasteiger partial charge >= 0.3 is 0 Å². The molecule has 2 heterocycles. The van der Waals surface area contributed by atoms with Gasteiger partial charge in [-0.2, -0.15) is 5.10 Å². The lowest BCUT2D eigenvalue weighted by Gasteiger charge is -2.06. The zero-order valence-corrected chi connectivity index (χ0v) is 19.0. The lowest BCUT2D eigenvalue weighted by Crippen LogP contribution is -2.12. The van der Waals surface area contributed by atoms with Crippen molar-refractivity contribution in [2.45, 2.75) is 20.1 Å². The number of benzene rings is 2. The predicted molar refractivity (Wildman–Crippen MR) is 123 cm³/mol. The van der Waals surface area contributed by atoms with Crippen molar-refractivity contribution in [2.24, 2.45) is 0 Å². The van der Waals surface area contributed by atoms with Gasteiger partial charge in [0, 0.05) is 11.2 Å². The van der Waals surface area contributed by atoms with Crippen LogP contribution in [0.15, 0.2) is 75.8 Å². The van der Waals surface area contributed by atoms with Crippen LogP contribution in [0.2, 0.25) is 5.02 Å². The van der Waals surface area contributed by atoms with Gasteiger partial charge in [-0.1, -0.05) is 41.9 Å². The molecule has 0 bridgehead atoms. The molecule has 158 valence electrons. The van der Waals surface area contributed by atoms with E-state index < -0.39 is 0 Å². The Balaban J connectivity index is 1.38. The second-order valence-corrected chi connectivity index (χ2v) is 8.21. The minimum atomic E-state index is -0.389. The summed E-state index contributed by atoms with van der Waals surface area (Å²) in [4.78, 5) is 12.6. The maximum Gasteiger partial charge on any atom is 0.292 e. The van der Waals surface area contributed by atoms with Gasteiger partial charge in [-0.15, -0.1) is 0 Å². The fraction of sp³-hybridized carbons (Fsp3) is 0.130. The molecule has 0 atom stereocenters. The normalized spacial score (nSPS) is 10.8. The van der Waals surface area contributed by atoms with Gasteiger partial charge < -0.3 is 14.5 Å². The smallest absolute Gasteiger partial charge is 0.292 e. The number of aromatic nitrogens is 2. The summed E-state index contributed by atoms with van der Waals surface area (Å²) in [6.07, 6.45) is 1.80. The van der Waals surface area contributed by atoms with E-state index in [1.54, 1.807) is 23.0 Å². The van der Waals surface area contributed by atoms with Crippen LogP contribution >= 0.6 is 27.5 Å². The van der Waals surface area contributed by atoms with Crippen molar-refractivity contribution in [3.05, 3.63) is 99.0 Å². The molecule has 2 aromatic heterocycles. The molecule has 1 N–H and O–H groups in total. The molecule has 0 saturated carbocycles. The van der Waals surface area contributed by atoms with Crippen LogP contribution in [0.25, 0.3) is 0 Å². The summed E-state index contributed by atoms with van der Waals surface area (Å²) < 4.78 is 13.8. The third-order valence-electron chi connectivity index (χ3n) is 4.56. The van der Waals surface area contributed by atoms with Gasteiger partial charge in [-0.25, -0.2) is 0 Å². The number of amides is 1. The minimum absolute atomic E-state index is 0.183. The molecule has 2 aromatic carbocycles. The Bertz CT molecular complexity index is 1200. The quantitative estimate of drug-likeness (QED) is 0.334. The predicted octanol–water partition coefficient (Wildman–Crippen LogP) is 6.08. The molecule has 0 aliphatic carbocycles. The molecular formula is C23H19BrClN3O3. The molecule has 0 spiro atoms. The molecule has 0 aliphatic heterocycles. The van der Waals surface area contributed by atoms with Gasteiger partial charge in [0.2, 0.25) is 0 Å². The first kappa shape index (κ1) is 21.2. The summed E-state index contributed by atoms with van der Waals surface area (Å²) in [6, 6.07) is 18.6. The summed E-state index contributed by atoms with van der Waals surface area (Å²) in [7, 11) is 0. The van der Waals surface area contributed by atoms with E-state index in [4.69, 9.17) is 20.8 Å². The number of furan rings is 1. The van der Waals surface area contributed by atoms with Crippen LogP contribution in [-0.2, 0) is 13.2 Å². The second-order valence-electron chi connectivity index (χ2n) is 6.92. The lowest BCUT2D eigenvalue weighted by molar-refractivity contribution is 0.0992. The molecule has 0 unspecified atom stereocenters. The average molecular weight is 501 g/mol. The Morgan fingerprint density at radius 3 is 2.71 bits per heavy atom. The number of nitrogens with one attached hydrogen (secondary N) is 1. The first-order valence-electron chi connectivity index (χ1n) is 9.54. The Labute approximate surface area is 192 Å². The molecule has 8 heteroatoms. The van der Waals surface area contributed by atoms with E-state index in [-0.39, 0.29) is 18.3 Å². The second kappa shape index (κ2) is 9.41. The fourth-order valence-electron chi connectivity index (χ4n) is 2.95. The molecule has 1 amide bonds. The average Bonchev–Trinajstić information content (AvgIpc) is 3.36. The van der Waals surface area contributed by atoms with Gasteiger partial charge in [0.25, 0.3) is 5.91 Å². The van der Waals surface area contributed by atoms with Crippen LogP contribution < -0.4 is 10.1 Å². The highest BCUT2D eigenvalue weighted by Crippen LogP contribution is 2.23. The largest absolute Gasteiger partial charge is 0.485 e. The SMILES string of the molecule is Cc1ccccc1OCc1ccc(C(=O)Nc2nn(Cc3ccc(Cl)cc3)cc2Br)o1. The van der Waals surface area contributed by atoms with E-state index in [1.165, 1.54) is 0 Å². The summed E-state index contributed by atoms with van der Waals surface area (Å²) in [5, 5.41) is 7.87. The first-order valence-corrected chi connectivity index (χ1v) is 10.7. The van der Waals surface area contributed by atoms with E-state index in [2.05, 4.69) is 26.3 Å². The maximum absolute atomic E-state index is 12.6. The maximum atomic E-state index is 12.6. The number of ether oxygens (including phenoxy) is 1. The van der Waals surface area contributed by atoms with Crippen molar-refractivity contribution < 1.29 is 13.9 Å². The highest BCUT2D eigenvalue weighted by atomic mass is 79.9. The van der Waals surface area contributed by atoms with Gasteiger partial charge in [0.05, 0.1) is 11.0 Å². The monoisotopic (exact) mass is 499 g/mol. The Kier molecular flexibility index (Phi) is 6.44. The van der Waals surface area contributed by atoms with E-state index >= 15 is 0 Å². The molecular weight excluding hydrogens is 482 g/mol. The van der Waals surface area contributed by atoms with Gasteiger partial charge in [-0.05, 0) is 64.3 Å². The van der Waals surface area contributed by atoms with E-state index in [9.17, 15) is 4.79 Å². The van der Waals surface area contributed by atoms with Crippen LogP contribution in [0.3, 0.4) is 0 Å². The zero-order valence-electron chi connectivity index (χ0n) is 16.6. The van der Waals surface area contributed by atoms with Gasteiger partial charge in [-0.3, -0.25) is 9.48 Å².